The number of nitrogens with two attached hydrogens (primary N) is 1. The van der Waals surface area contributed by atoms with E-state index >= 15 is 0 Å². The molecule has 1 aromatic rings. The Balaban J connectivity index is 2.21. The van der Waals surface area contributed by atoms with Crippen LogP contribution >= 0.6 is 0 Å². The Labute approximate surface area is 120 Å². The highest BCUT2D eigenvalue weighted by Crippen LogP contribution is 2.15. The first-order valence-electron chi connectivity index (χ1n) is 6.30. The fraction of sp³-hybridized carbons (Fsp3) is 0.667. The average molecular weight is 309 g/mol. The topological polar surface area (TPSA) is 79.4 Å². The highest BCUT2D eigenvalue weighted by Gasteiger charge is 2.27. The number of carbonyl (C=O) groups is 1. The van der Waals surface area contributed by atoms with E-state index in [0.29, 0.717) is 17.1 Å². The number of halogens is 3. The number of carbonyl (C=O) groups excluding carboxylic acids is 1. The highest BCUT2D eigenvalue weighted by atomic mass is 19.4. The fourth-order valence-electron chi connectivity index (χ4n) is 1.57. The van der Waals surface area contributed by atoms with E-state index in [9.17, 15) is 18.0 Å². The summed E-state index contributed by atoms with van der Waals surface area (Å²) in [6.07, 6.45) is -4.15. The maximum Gasteiger partial charge on any atom is 0.411 e. The molecule has 0 aliphatic heterocycles. The van der Waals surface area contributed by atoms with Crippen molar-refractivity contribution in [1.82, 2.24) is 9.78 Å². The lowest BCUT2D eigenvalue weighted by atomic mass is 10.3. The molecule has 1 heterocycles. The van der Waals surface area contributed by atoms with E-state index in [2.05, 4.69) is 9.84 Å². The number of nitrogen functional groups attached to an aromatic ring is 1. The molecule has 0 amide bonds. The lowest BCUT2D eigenvalue weighted by Crippen LogP contribution is -2.19. The van der Waals surface area contributed by atoms with Crippen LogP contribution in [0.15, 0.2) is 0 Å². The first-order valence-corrected chi connectivity index (χ1v) is 6.30. The number of alkyl halides is 3. The van der Waals surface area contributed by atoms with Crippen molar-refractivity contribution in [2.24, 2.45) is 0 Å². The van der Waals surface area contributed by atoms with Gasteiger partial charge in [0.15, 0.2) is 0 Å². The van der Waals surface area contributed by atoms with Crippen LogP contribution in [0.2, 0.25) is 0 Å². The standard InChI is InChI=1S/C12H18F3N3O3/c1-8-11(16)9(2)18(17-8)6-10(19)21-5-3-4-20-7-12(13,14)15/h3-7,16H2,1-2H3. The number of hydrogen-bond donors (Lipinski definition) is 1. The summed E-state index contributed by atoms with van der Waals surface area (Å²) in [6.45, 7) is 1.93. The van der Waals surface area contributed by atoms with Crippen molar-refractivity contribution in [2.45, 2.75) is 33.0 Å². The van der Waals surface area contributed by atoms with E-state index in [4.69, 9.17) is 10.5 Å². The summed E-state index contributed by atoms with van der Waals surface area (Å²) in [6, 6.07) is 0. The second-order valence-electron chi connectivity index (χ2n) is 4.48. The molecule has 0 aromatic carbocycles. The van der Waals surface area contributed by atoms with Crippen molar-refractivity contribution < 1.29 is 27.4 Å². The molecule has 21 heavy (non-hydrogen) atoms. The molecule has 9 heteroatoms. The smallest absolute Gasteiger partial charge is 0.411 e. The quantitative estimate of drug-likeness (QED) is 0.611. The van der Waals surface area contributed by atoms with Gasteiger partial charge in [0.25, 0.3) is 0 Å². The molecule has 0 fully saturated rings. The van der Waals surface area contributed by atoms with Gasteiger partial charge < -0.3 is 15.2 Å². The summed E-state index contributed by atoms with van der Waals surface area (Å²) in [5.74, 6) is -0.531. The van der Waals surface area contributed by atoms with Gasteiger partial charge in [-0.2, -0.15) is 18.3 Å². The van der Waals surface area contributed by atoms with Gasteiger partial charge in [0.2, 0.25) is 0 Å². The molecule has 1 aromatic heterocycles. The first-order chi connectivity index (χ1) is 9.70. The third-order valence-corrected chi connectivity index (χ3v) is 2.68. The van der Waals surface area contributed by atoms with Crippen molar-refractivity contribution in [3.63, 3.8) is 0 Å². The third-order valence-electron chi connectivity index (χ3n) is 2.68. The molecule has 0 bridgehead atoms. The minimum absolute atomic E-state index is 0.00846. The molecule has 0 aliphatic rings. The number of hydrogen-bond acceptors (Lipinski definition) is 5. The molecule has 1 rings (SSSR count). The van der Waals surface area contributed by atoms with E-state index in [0.717, 1.165) is 0 Å². The number of nitrogens with zero attached hydrogens (tertiary/aromatic N) is 2. The number of aromatic nitrogens is 2. The van der Waals surface area contributed by atoms with Gasteiger partial charge in [0, 0.05) is 6.42 Å². The van der Waals surface area contributed by atoms with Crippen LogP contribution in [0.4, 0.5) is 18.9 Å². The first kappa shape index (κ1) is 17.3. The number of rotatable bonds is 7. The molecule has 2 N–H and O–H groups in total. The van der Waals surface area contributed by atoms with Gasteiger partial charge in [0.05, 0.1) is 30.3 Å². The van der Waals surface area contributed by atoms with E-state index in [1.807, 2.05) is 0 Å². The van der Waals surface area contributed by atoms with Gasteiger partial charge >= 0.3 is 12.1 Å². The van der Waals surface area contributed by atoms with Gasteiger partial charge in [-0.25, -0.2) is 0 Å². The monoisotopic (exact) mass is 309 g/mol. The van der Waals surface area contributed by atoms with Gasteiger partial charge in [-0.05, 0) is 13.8 Å². The van der Waals surface area contributed by atoms with Crippen LogP contribution in [0.5, 0.6) is 0 Å². The van der Waals surface area contributed by atoms with Crippen LogP contribution in [0.3, 0.4) is 0 Å². The summed E-state index contributed by atoms with van der Waals surface area (Å²) in [5.41, 5.74) is 7.53. The molecule has 0 atom stereocenters. The van der Waals surface area contributed by atoms with Crippen molar-refractivity contribution in [3.05, 3.63) is 11.4 Å². The van der Waals surface area contributed by atoms with Crippen LogP contribution in [0, 0.1) is 13.8 Å². The summed E-state index contributed by atoms with van der Waals surface area (Å²) in [5, 5.41) is 4.08. The second-order valence-corrected chi connectivity index (χ2v) is 4.48. The number of anilines is 1. The normalized spacial score (nSPS) is 11.7. The second kappa shape index (κ2) is 7.30. The Morgan fingerprint density at radius 1 is 1.33 bits per heavy atom. The van der Waals surface area contributed by atoms with E-state index in [1.165, 1.54) is 4.68 Å². The molecular formula is C12H18F3N3O3. The van der Waals surface area contributed by atoms with Crippen LogP contribution in [0.25, 0.3) is 0 Å². The Morgan fingerprint density at radius 2 is 2.00 bits per heavy atom. The van der Waals surface area contributed by atoms with Crippen molar-refractivity contribution in [3.8, 4) is 0 Å². The zero-order chi connectivity index (χ0) is 16.0. The lowest BCUT2D eigenvalue weighted by Gasteiger charge is -2.08. The van der Waals surface area contributed by atoms with Crippen molar-refractivity contribution in [1.29, 1.82) is 0 Å². The Bertz CT molecular complexity index is 486. The molecular weight excluding hydrogens is 291 g/mol. The van der Waals surface area contributed by atoms with Crippen molar-refractivity contribution >= 4 is 11.7 Å². The average Bonchev–Trinajstić information content (AvgIpc) is 2.60. The van der Waals surface area contributed by atoms with Gasteiger partial charge in [-0.15, -0.1) is 0 Å². The predicted molar refractivity (Wildman–Crippen MR) is 68.6 cm³/mol. The van der Waals surface area contributed by atoms with Crippen LogP contribution in [0.1, 0.15) is 17.8 Å². The van der Waals surface area contributed by atoms with Gasteiger partial charge in [-0.1, -0.05) is 0 Å². The molecule has 0 unspecified atom stereocenters. The molecule has 6 nitrogen and oxygen atoms in total. The molecule has 0 saturated carbocycles. The molecule has 120 valence electrons. The largest absolute Gasteiger partial charge is 0.464 e. The minimum atomic E-state index is -4.34. The molecule has 0 aliphatic carbocycles. The van der Waals surface area contributed by atoms with E-state index in [-0.39, 0.29) is 26.2 Å². The Morgan fingerprint density at radius 3 is 2.52 bits per heavy atom. The van der Waals surface area contributed by atoms with Crippen LogP contribution in [-0.4, -0.2) is 41.7 Å². The predicted octanol–water partition coefficient (Wildman–Crippen LogP) is 1.59. The van der Waals surface area contributed by atoms with Crippen molar-refractivity contribution in [2.75, 3.05) is 25.6 Å². The summed E-state index contributed by atoms with van der Waals surface area (Å²) < 4.78 is 46.0. The maximum atomic E-state index is 11.8. The summed E-state index contributed by atoms with van der Waals surface area (Å²) >= 11 is 0. The molecule has 0 saturated heterocycles. The van der Waals surface area contributed by atoms with E-state index < -0.39 is 18.8 Å². The maximum absolute atomic E-state index is 11.8. The summed E-state index contributed by atoms with van der Waals surface area (Å²) in [7, 11) is 0. The van der Waals surface area contributed by atoms with Crippen LogP contribution in [-0.2, 0) is 20.8 Å². The van der Waals surface area contributed by atoms with Crippen LogP contribution < -0.4 is 5.73 Å². The number of esters is 1. The molecule has 0 radical (unpaired) electrons. The minimum Gasteiger partial charge on any atom is -0.464 e. The van der Waals surface area contributed by atoms with Gasteiger partial charge in [0.1, 0.15) is 13.2 Å². The Hall–Kier alpha value is -1.77. The van der Waals surface area contributed by atoms with Gasteiger partial charge in [-0.3, -0.25) is 9.48 Å². The Kier molecular flexibility index (Phi) is 6.01. The zero-order valence-electron chi connectivity index (χ0n) is 11.9. The summed E-state index contributed by atoms with van der Waals surface area (Å²) in [4.78, 5) is 11.5. The SMILES string of the molecule is Cc1nn(CC(=O)OCCCOCC(F)(F)F)c(C)c1N. The number of ether oxygens (including phenoxy) is 2. The number of aryl methyl sites for hydroxylation is 1. The van der Waals surface area contributed by atoms with E-state index in [1.54, 1.807) is 13.8 Å². The third kappa shape index (κ3) is 6.03. The molecule has 0 spiro atoms. The highest BCUT2D eigenvalue weighted by molar-refractivity contribution is 5.69. The lowest BCUT2D eigenvalue weighted by molar-refractivity contribution is -0.175. The fourth-order valence-corrected chi connectivity index (χ4v) is 1.57. The zero-order valence-corrected chi connectivity index (χ0v) is 11.9.